The van der Waals surface area contributed by atoms with Gasteiger partial charge in [-0.3, -0.25) is 0 Å². The van der Waals surface area contributed by atoms with Gasteiger partial charge in [0.25, 0.3) is 0 Å². The SMILES string of the molecule is CCCCCCCN(CCCCCSc1nc(-c2ccccc2)c(-c2ccccc2)[nH]1)C(=O)Nc1cccc(F)c1. The predicted molar refractivity (Wildman–Crippen MR) is 170 cm³/mol. The van der Waals surface area contributed by atoms with E-state index in [9.17, 15) is 9.18 Å². The minimum absolute atomic E-state index is 0.155. The van der Waals surface area contributed by atoms with E-state index in [1.165, 1.54) is 31.4 Å². The second-order valence-electron chi connectivity index (χ2n) is 10.2. The first kappa shape index (κ1) is 30.4. The monoisotopic (exact) mass is 572 g/mol. The Morgan fingerprint density at radius 1 is 0.829 bits per heavy atom. The Hall–Kier alpha value is -3.58. The van der Waals surface area contributed by atoms with Crippen LogP contribution in [0.1, 0.15) is 58.3 Å². The number of rotatable bonds is 16. The van der Waals surface area contributed by atoms with Crippen LogP contribution in [0.4, 0.5) is 14.9 Å². The molecule has 0 atom stereocenters. The van der Waals surface area contributed by atoms with Crippen molar-refractivity contribution in [1.29, 1.82) is 0 Å². The average molecular weight is 573 g/mol. The van der Waals surface area contributed by atoms with Crippen LogP contribution < -0.4 is 5.32 Å². The molecule has 0 aliphatic rings. The van der Waals surface area contributed by atoms with Crippen LogP contribution in [0.3, 0.4) is 0 Å². The number of imidazole rings is 1. The quantitative estimate of drug-likeness (QED) is 0.104. The first-order chi connectivity index (χ1) is 20.1. The van der Waals surface area contributed by atoms with E-state index in [2.05, 4.69) is 41.5 Å². The van der Waals surface area contributed by atoms with Crippen LogP contribution in [0, 0.1) is 5.82 Å². The lowest BCUT2D eigenvalue weighted by Crippen LogP contribution is -2.36. The van der Waals surface area contributed by atoms with Gasteiger partial charge in [0.05, 0.1) is 11.4 Å². The van der Waals surface area contributed by atoms with Crippen molar-refractivity contribution >= 4 is 23.5 Å². The Bertz CT molecular complexity index is 1270. The van der Waals surface area contributed by atoms with Gasteiger partial charge in [-0.2, -0.15) is 0 Å². The highest BCUT2D eigenvalue weighted by Gasteiger charge is 2.15. The van der Waals surface area contributed by atoms with Gasteiger partial charge in [-0.15, -0.1) is 0 Å². The van der Waals surface area contributed by atoms with Gasteiger partial charge in [-0.1, -0.05) is 118 Å². The number of urea groups is 1. The number of hydrogen-bond acceptors (Lipinski definition) is 3. The molecule has 7 heteroatoms. The molecule has 0 spiro atoms. The lowest BCUT2D eigenvalue weighted by molar-refractivity contribution is 0.209. The van der Waals surface area contributed by atoms with Crippen LogP contribution in [0.15, 0.2) is 90.1 Å². The number of nitrogens with zero attached hydrogens (tertiary/aromatic N) is 2. The molecule has 4 aromatic rings. The number of nitrogens with one attached hydrogen (secondary N) is 2. The summed E-state index contributed by atoms with van der Waals surface area (Å²) in [4.78, 5) is 23.4. The van der Waals surface area contributed by atoms with Crippen molar-refractivity contribution in [1.82, 2.24) is 14.9 Å². The number of H-pyrrole nitrogens is 1. The fraction of sp³-hybridized carbons (Fsp3) is 0.353. The summed E-state index contributed by atoms with van der Waals surface area (Å²) in [5.41, 5.74) is 4.72. The van der Waals surface area contributed by atoms with Crippen LogP contribution in [-0.2, 0) is 0 Å². The molecule has 4 rings (SSSR count). The van der Waals surface area contributed by atoms with Crippen molar-refractivity contribution in [2.45, 2.75) is 63.4 Å². The van der Waals surface area contributed by atoms with Crippen molar-refractivity contribution in [3.05, 3.63) is 90.7 Å². The molecule has 1 aromatic heterocycles. The number of amides is 2. The first-order valence-electron chi connectivity index (χ1n) is 14.8. The van der Waals surface area contributed by atoms with Crippen molar-refractivity contribution in [2.75, 3.05) is 24.2 Å². The highest BCUT2D eigenvalue weighted by molar-refractivity contribution is 7.99. The molecule has 0 bridgehead atoms. The molecule has 2 amide bonds. The molecular weight excluding hydrogens is 531 g/mol. The maximum Gasteiger partial charge on any atom is 0.321 e. The van der Waals surface area contributed by atoms with E-state index in [-0.39, 0.29) is 11.8 Å². The van der Waals surface area contributed by atoms with E-state index < -0.39 is 0 Å². The fourth-order valence-corrected chi connectivity index (χ4v) is 5.65. The average Bonchev–Trinajstić information content (AvgIpc) is 3.43. The summed E-state index contributed by atoms with van der Waals surface area (Å²) >= 11 is 1.74. The zero-order valence-corrected chi connectivity index (χ0v) is 24.8. The molecule has 3 aromatic carbocycles. The number of halogens is 1. The summed E-state index contributed by atoms with van der Waals surface area (Å²) in [6.45, 7) is 3.61. The number of benzene rings is 3. The molecule has 0 saturated heterocycles. The molecule has 0 fully saturated rings. The van der Waals surface area contributed by atoms with Crippen molar-refractivity contribution in [3.63, 3.8) is 0 Å². The number of aromatic nitrogens is 2. The minimum Gasteiger partial charge on any atom is -0.332 e. The lowest BCUT2D eigenvalue weighted by Gasteiger charge is -2.23. The van der Waals surface area contributed by atoms with Crippen molar-refractivity contribution in [2.24, 2.45) is 0 Å². The van der Waals surface area contributed by atoms with E-state index in [0.29, 0.717) is 12.2 Å². The van der Waals surface area contributed by atoms with Crippen LogP contribution in [-0.4, -0.2) is 39.7 Å². The molecule has 0 radical (unpaired) electrons. The number of unbranched alkanes of at least 4 members (excludes halogenated alkanes) is 6. The number of carbonyl (C=O) groups is 1. The third kappa shape index (κ3) is 9.78. The molecule has 1 heterocycles. The van der Waals surface area contributed by atoms with Gasteiger partial charge in [0.1, 0.15) is 5.82 Å². The molecular formula is C34H41FN4OS. The second kappa shape index (κ2) is 16.6. The lowest BCUT2D eigenvalue weighted by atomic mass is 10.1. The van der Waals surface area contributed by atoms with Gasteiger partial charge in [-0.05, 0) is 37.5 Å². The number of thioether (sulfide) groups is 1. The van der Waals surface area contributed by atoms with Crippen LogP contribution in [0.2, 0.25) is 0 Å². The van der Waals surface area contributed by atoms with Gasteiger partial charge in [0.2, 0.25) is 0 Å². The third-order valence-corrected chi connectivity index (χ3v) is 7.96. The first-order valence-corrected chi connectivity index (χ1v) is 15.8. The fourth-order valence-electron chi connectivity index (χ4n) is 4.78. The Morgan fingerprint density at radius 3 is 2.17 bits per heavy atom. The van der Waals surface area contributed by atoms with E-state index in [0.717, 1.165) is 72.1 Å². The Kier molecular flexibility index (Phi) is 12.3. The third-order valence-electron chi connectivity index (χ3n) is 7.00. The smallest absolute Gasteiger partial charge is 0.321 e. The van der Waals surface area contributed by atoms with Gasteiger partial charge in [-0.25, -0.2) is 14.2 Å². The molecule has 0 saturated carbocycles. The van der Waals surface area contributed by atoms with Crippen LogP contribution >= 0.6 is 11.8 Å². The van der Waals surface area contributed by atoms with Crippen molar-refractivity contribution in [3.8, 4) is 22.5 Å². The van der Waals surface area contributed by atoms with Gasteiger partial charge < -0.3 is 15.2 Å². The number of carbonyl (C=O) groups excluding carboxylic acids is 1. The molecule has 0 aliphatic carbocycles. The molecule has 2 N–H and O–H groups in total. The van der Waals surface area contributed by atoms with E-state index >= 15 is 0 Å². The van der Waals surface area contributed by atoms with Gasteiger partial charge >= 0.3 is 6.03 Å². The summed E-state index contributed by atoms with van der Waals surface area (Å²) < 4.78 is 13.6. The van der Waals surface area contributed by atoms with E-state index in [1.807, 2.05) is 41.3 Å². The summed E-state index contributed by atoms with van der Waals surface area (Å²) in [6, 6.07) is 26.5. The molecule has 5 nitrogen and oxygen atoms in total. The van der Waals surface area contributed by atoms with Crippen LogP contribution in [0.25, 0.3) is 22.5 Å². The number of aromatic amines is 1. The van der Waals surface area contributed by atoms with E-state index in [1.54, 1.807) is 23.9 Å². The summed E-state index contributed by atoms with van der Waals surface area (Å²) in [7, 11) is 0. The molecule has 0 unspecified atom stereocenters. The Labute approximate surface area is 248 Å². The van der Waals surface area contributed by atoms with Crippen molar-refractivity contribution < 1.29 is 9.18 Å². The van der Waals surface area contributed by atoms with Crippen LogP contribution in [0.5, 0.6) is 0 Å². The topological polar surface area (TPSA) is 61.0 Å². The highest BCUT2D eigenvalue weighted by Crippen LogP contribution is 2.32. The molecule has 41 heavy (non-hydrogen) atoms. The second-order valence-corrected chi connectivity index (χ2v) is 11.3. The number of hydrogen-bond donors (Lipinski definition) is 2. The van der Waals surface area contributed by atoms with Gasteiger partial charge in [0, 0.05) is 35.7 Å². The van der Waals surface area contributed by atoms with E-state index in [4.69, 9.17) is 4.98 Å². The highest BCUT2D eigenvalue weighted by atomic mass is 32.2. The molecule has 0 aliphatic heterocycles. The zero-order chi connectivity index (χ0) is 28.7. The summed E-state index contributed by atoms with van der Waals surface area (Å²) in [5.74, 6) is 0.595. The zero-order valence-electron chi connectivity index (χ0n) is 23.9. The Balaban J connectivity index is 1.28. The maximum atomic E-state index is 13.6. The minimum atomic E-state index is -0.352. The predicted octanol–water partition coefficient (Wildman–Crippen LogP) is 9.65. The maximum absolute atomic E-state index is 13.6. The van der Waals surface area contributed by atoms with Gasteiger partial charge in [0.15, 0.2) is 5.16 Å². The summed E-state index contributed by atoms with van der Waals surface area (Å²) in [5, 5.41) is 3.80. The standard InChI is InChI=1S/C34H41FN4OS/c1-2-3-4-5-13-23-39(34(40)36-30-22-16-21-29(35)26-30)24-14-8-15-25-41-33-37-31(27-17-9-6-10-18-27)32(38-33)28-19-11-7-12-20-28/h6-7,9-12,16-22,26H,2-5,8,13-15,23-25H2,1H3,(H,36,40)(H,37,38). The largest absolute Gasteiger partial charge is 0.332 e. The molecule has 216 valence electrons. The summed E-state index contributed by atoms with van der Waals surface area (Å²) in [6.07, 6.45) is 8.69. The number of anilines is 1. The normalized spacial score (nSPS) is 11.0. The Morgan fingerprint density at radius 2 is 1.49 bits per heavy atom.